The van der Waals surface area contributed by atoms with E-state index in [-0.39, 0.29) is 17.4 Å². The van der Waals surface area contributed by atoms with E-state index in [9.17, 15) is 5.11 Å². The third kappa shape index (κ3) is 3.67. The Balaban J connectivity index is 2.16. The summed E-state index contributed by atoms with van der Waals surface area (Å²) in [5.74, 6) is 1.63. The molecule has 0 saturated heterocycles. The van der Waals surface area contributed by atoms with E-state index < -0.39 is 0 Å². The Morgan fingerprint density at radius 3 is 2.55 bits per heavy atom. The van der Waals surface area contributed by atoms with Crippen LogP contribution in [0.3, 0.4) is 0 Å². The van der Waals surface area contributed by atoms with Gasteiger partial charge in [0.1, 0.15) is 11.6 Å². The summed E-state index contributed by atoms with van der Waals surface area (Å²) in [7, 11) is 1.66. The molecule has 0 amide bonds. The van der Waals surface area contributed by atoms with Crippen molar-refractivity contribution < 1.29 is 9.84 Å². The SMILES string of the molecule is COCc1cc(NCC2(CO)CC2)nc(C(C)(C)C)n1. The Bertz CT molecular complexity index is 465. The highest BCUT2D eigenvalue weighted by atomic mass is 16.5. The summed E-state index contributed by atoms with van der Waals surface area (Å²) in [6.07, 6.45) is 2.16. The molecule has 1 aromatic rings. The maximum absolute atomic E-state index is 9.36. The molecule has 2 rings (SSSR count). The van der Waals surface area contributed by atoms with Gasteiger partial charge in [0.2, 0.25) is 0 Å². The Morgan fingerprint density at radius 2 is 2.05 bits per heavy atom. The smallest absolute Gasteiger partial charge is 0.136 e. The van der Waals surface area contributed by atoms with Gasteiger partial charge in [-0.05, 0) is 12.8 Å². The van der Waals surface area contributed by atoms with Crippen molar-refractivity contribution in [3.05, 3.63) is 17.6 Å². The number of nitrogens with one attached hydrogen (secondary N) is 1. The van der Waals surface area contributed by atoms with Crippen LogP contribution in [0.4, 0.5) is 5.82 Å². The lowest BCUT2D eigenvalue weighted by Gasteiger charge is -2.20. The quantitative estimate of drug-likeness (QED) is 0.834. The van der Waals surface area contributed by atoms with Gasteiger partial charge >= 0.3 is 0 Å². The Labute approximate surface area is 120 Å². The number of aliphatic hydroxyl groups excluding tert-OH is 1. The Morgan fingerprint density at radius 1 is 1.35 bits per heavy atom. The third-order valence-corrected chi connectivity index (χ3v) is 3.68. The molecular formula is C15H25N3O2. The van der Waals surface area contributed by atoms with Gasteiger partial charge in [-0.3, -0.25) is 0 Å². The van der Waals surface area contributed by atoms with Gasteiger partial charge in [0.25, 0.3) is 0 Å². The van der Waals surface area contributed by atoms with E-state index in [2.05, 4.69) is 36.1 Å². The van der Waals surface area contributed by atoms with Gasteiger partial charge in [-0.2, -0.15) is 0 Å². The summed E-state index contributed by atoms with van der Waals surface area (Å²) in [5.41, 5.74) is 0.839. The van der Waals surface area contributed by atoms with E-state index in [4.69, 9.17) is 4.74 Å². The van der Waals surface area contributed by atoms with Gasteiger partial charge in [0.05, 0.1) is 18.9 Å². The number of hydrogen-bond donors (Lipinski definition) is 2. The molecule has 1 heterocycles. The molecule has 5 heteroatoms. The second-order valence-electron chi connectivity index (χ2n) is 6.76. The second kappa shape index (κ2) is 5.66. The summed E-state index contributed by atoms with van der Waals surface area (Å²) in [4.78, 5) is 9.14. The number of methoxy groups -OCH3 is 1. The first-order valence-corrected chi connectivity index (χ1v) is 7.11. The number of aliphatic hydroxyl groups is 1. The highest BCUT2D eigenvalue weighted by molar-refractivity contribution is 5.37. The summed E-state index contributed by atoms with van der Waals surface area (Å²) in [5, 5.41) is 12.7. The van der Waals surface area contributed by atoms with Crippen molar-refractivity contribution in [3.63, 3.8) is 0 Å². The zero-order valence-electron chi connectivity index (χ0n) is 12.9. The minimum absolute atomic E-state index is 0.0638. The van der Waals surface area contributed by atoms with E-state index in [1.54, 1.807) is 7.11 Å². The first-order chi connectivity index (χ1) is 9.38. The van der Waals surface area contributed by atoms with Gasteiger partial charge < -0.3 is 15.2 Å². The molecule has 0 spiro atoms. The fourth-order valence-electron chi connectivity index (χ4n) is 1.99. The van der Waals surface area contributed by atoms with Crippen molar-refractivity contribution in [1.29, 1.82) is 0 Å². The molecule has 0 radical (unpaired) electrons. The summed E-state index contributed by atoms with van der Waals surface area (Å²) >= 11 is 0. The molecule has 20 heavy (non-hydrogen) atoms. The van der Waals surface area contributed by atoms with Gasteiger partial charge in [0, 0.05) is 30.6 Å². The van der Waals surface area contributed by atoms with Crippen molar-refractivity contribution in [2.75, 3.05) is 25.6 Å². The van der Waals surface area contributed by atoms with Crippen molar-refractivity contribution in [2.45, 2.75) is 45.6 Å². The summed E-state index contributed by atoms with van der Waals surface area (Å²) < 4.78 is 5.17. The number of ether oxygens (including phenoxy) is 1. The lowest BCUT2D eigenvalue weighted by molar-refractivity contribution is 0.181. The number of hydrogen-bond acceptors (Lipinski definition) is 5. The third-order valence-electron chi connectivity index (χ3n) is 3.68. The van der Waals surface area contributed by atoms with E-state index in [0.29, 0.717) is 6.61 Å². The fourth-order valence-corrected chi connectivity index (χ4v) is 1.99. The average Bonchev–Trinajstić information content (AvgIpc) is 3.16. The normalized spacial score (nSPS) is 17.1. The first kappa shape index (κ1) is 15.2. The molecule has 0 aromatic carbocycles. The molecule has 1 saturated carbocycles. The topological polar surface area (TPSA) is 67.3 Å². The van der Waals surface area contributed by atoms with Gasteiger partial charge in [-0.1, -0.05) is 20.8 Å². The molecule has 1 aliphatic carbocycles. The van der Waals surface area contributed by atoms with E-state index in [1.807, 2.05) is 6.07 Å². The molecule has 1 fully saturated rings. The maximum atomic E-state index is 9.36. The lowest BCUT2D eigenvalue weighted by Crippen LogP contribution is -2.22. The number of aromatic nitrogens is 2. The zero-order chi connectivity index (χ0) is 14.8. The molecule has 112 valence electrons. The van der Waals surface area contributed by atoms with Crippen LogP contribution in [0, 0.1) is 5.41 Å². The standard InChI is InChI=1S/C15H25N3O2/c1-14(2,3)13-17-11(8-20-4)7-12(18-13)16-9-15(10-19)5-6-15/h7,19H,5-6,8-10H2,1-4H3,(H,16,17,18). The fraction of sp³-hybridized carbons (Fsp3) is 0.733. The molecular weight excluding hydrogens is 254 g/mol. The van der Waals surface area contributed by atoms with Crippen LogP contribution in [-0.4, -0.2) is 35.3 Å². The van der Waals surface area contributed by atoms with E-state index >= 15 is 0 Å². The van der Waals surface area contributed by atoms with Crippen LogP contribution >= 0.6 is 0 Å². The van der Waals surface area contributed by atoms with Crippen LogP contribution in [0.2, 0.25) is 0 Å². The number of rotatable bonds is 6. The second-order valence-corrected chi connectivity index (χ2v) is 6.76. The van der Waals surface area contributed by atoms with E-state index in [0.717, 1.165) is 36.7 Å². The first-order valence-electron chi connectivity index (χ1n) is 7.11. The van der Waals surface area contributed by atoms with Crippen molar-refractivity contribution in [1.82, 2.24) is 9.97 Å². The van der Waals surface area contributed by atoms with Gasteiger partial charge in [-0.25, -0.2) is 9.97 Å². The maximum Gasteiger partial charge on any atom is 0.136 e. The predicted molar refractivity (Wildman–Crippen MR) is 78.7 cm³/mol. The summed E-state index contributed by atoms with van der Waals surface area (Å²) in [6.45, 7) is 7.76. The molecule has 0 bridgehead atoms. The minimum atomic E-state index is -0.103. The Hall–Kier alpha value is -1.20. The van der Waals surface area contributed by atoms with Crippen LogP contribution in [0.15, 0.2) is 6.07 Å². The number of nitrogens with zero attached hydrogens (tertiary/aromatic N) is 2. The highest BCUT2D eigenvalue weighted by Gasteiger charge is 2.41. The Kier molecular flexibility index (Phi) is 4.30. The summed E-state index contributed by atoms with van der Waals surface area (Å²) in [6, 6.07) is 1.92. The zero-order valence-corrected chi connectivity index (χ0v) is 12.9. The minimum Gasteiger partial charge on any atom is -0.396 e. The molecule has 0 aliphatic heterocycles. The average molecular weight is 279 g/mol. The van der Waals surface area contributed by atoms with Crippen LogP contribution in [0.5, 0.6) is 0 Å². The van der Waals surface area contributed by atoms with Crippen LogP contribution in [0.25, 0.3) is 0 Å². The molecule has 0 unspecified atom stereocenters. The van der Waals surface area contributed by atoms with Gasteiger partial charge in [-0.15, -0.1) is 0 Å². The number of anilines is 1. The highest BCUT2D eigenvalue weighted by Crippen LogP contribution is 2.44. The largest absolute Gasteiger partial charge is 0.396 e. The van der Waals surface area contributed by atoms with E-state index in [1.165, 1.54) is 0 Å². The van der Waals surface area contributed by atoms with Crippen molar-refractivity contribution in [3.8, 4) is 0 Å². The van der Waals surface area contributed by atoms with Crippen molar-refractivity contribution in [2.24, 2.45) is 5.41 Å². The molecule has 0 atom stereocenters. The van der Waals surface area contributed by atoms with Crippen LogP contribution < -0.4 is 5.32 Å². The monoisotopic (exact) mass is 279 g/mol. The molecule has 5 nitrogen and oxygen atoms in total. The predicted octanol–water partition coefficient (Wildman–Crippen LogP) is 2.10. The van der Waals surface area contributed by atoms with Crippen molar-refractivity contribution >= 4 is 5.82 Å². The van der Waals surface area contributed by atoms with Gasteiger partial charge in [0.15, 0.2) is 0 Å². The van der Waals surface area contributed by atoms with Crippen LogP contribution in [0.1, 0.15) is 45.1 Å². The van der Waals surface area contributed by atoms with Crippen LogP contribution in [-0.2, 0) is 16.8 Å². The molecule has 1 aliphatic rings. The molecule has 1 aromatic heterocycles. The molecule has 2 N–H and O–H groups in total. The lowest BCUT2D eigenvalue weighted by atomic mass is 9.95.